The van der Waals surface area contributed by atoms with Crippen LogP contribution in [0.4, 0.5) is 8.78 Å². The summed E-state index contributed by atoms with van der Waals surface area (Å²) in [6.07, 6.45) is 0. The van der Waals surface area contributed by atoms with Gasteiger partial charge in [0.1, 0.15) is 0 Å². The molecule has 0 bridgehead atoms. The first kappa shape index (κ1) is 13.8. The molecule has 22 heavy (non-hydrogen) atoms. The molecule has 0 aliphatic heterocycles. The van der Waals surface area contributed by atoms with Crippen LogP contribution in [0.5, 0.6) is 0 Å². The molecular formula is C15H9F2N5. The third-order valence-electron chi connectivity index (χ3n) is 3.10. The molecule has 0 saturated heterocycles. The van der Waals surface area contributed by atoms with E-state index < -0.39 is 11.6 Å². The van der Waals surface area contributed by atoms with Crippen LogP contribution in [0.3, 0.4) is 0 Å². The van der Waals surface area contributed by atoms with Gasteiger partial charge in [-0.3, -0.25) is 0 Å². The summed E-state index contributed by atoms with van der Waals surface area (Å²) in [5.74, 6) is -1.57. The molecule has 0 spiro atoms. The number of nitriles is 1. The molecule has 1 aromatic heterocycles. The summed E-state index contributed by atoms with van der Waals surface area (Å²) < 4.78 is 27.8. The summed E-state index contributed by atoms with van der Waals surface area (Å²) in [5.41, 5.74) is 1.73. The Morgan fingerprint density at radius 1 is 1.09 bits per heavy atom. The molecule has 108 valence electrons. The summed E-state index contributed by atoms with van der Waals surface area (Å²) in [6.45, 7) is 0.316. The first-order valence-corrected chi connectivity index (χ1v) is 6.38. The molecule has 0 aliphatic rings. The lowest BCUT2D eigenvalue weighted by Gasteiger charge is -2.05. The molecule has 0 N–H and O–H groups in total. The quantitative estimate of drug-likeness (QED) is 0.745. The van der Waals surface area contributed by atoms with Crippen LogP contribution in [0.1, 0.15) is 11.1 Å². The van der Waals surface area contributed by atoms with Gasteiger partial charge in [-0.1, -0.05) is 12.1 Å². The lowest BCUT2D eigenvalue weighted by molar-refractivity contribution is 0.509. The van der Waals surface area contributed by atoms with E-state index in [0.717, 1.165) is 17.7 Å². The topological polar surface area (TPSA) is 67.4 Å². The molecule has 0 atom stereocenters. The van der Waals surface area contributed by atoms with Crippen LogP contribution in [-0.2, 0) is 6.54 Å². The molecule has 0 aliphatic carbocycles. The lowest BCUT2D eigenvalue weighted by Crippen LogP contribution is -2.05. The molecule has 3 aromatic rings. The van der Waals surface area contributed by atoms with Crippen LogP contribution < -0.4 is 0 Å². The van der Waals surface area contributed by atoms with Gasteiger partial charge in [-0.15, -0.1) is 5.10 Å². The Labute approximate surface area is 124 Å². The highest BCUT2D eigenvalue weighted by Gasteiger charge is 2.12. The second kappa shape index (κ2) is 5.69. The van der Waals surface area contributed by atoms with E-state index in [1.165, 1.54) is 10.7 Å². The van der Waals surface area contributed by atoms with Gasteiger partial charge in [0.25, 0.3) is 0 Å². The first-order chi connectivity index (χ1) is 10.7. The van der Waals surface area contributed by atoms with Gasteiger partial charge < -0.3 is 0 Å². The van der Waals surface area contributed by atoms with Gasteiger partial charge in [0, 0.05) is 5.56 Å². The Morgan fingerprint density at radius 2 is 1.95 bits per heavy atom. The smallest absolute Gasteiger partial charge is 0.182 e. The van der Waals surface area contributed by atoms with E-state index in [4.69, 9.17) is 5.26 Å². The number of benzene rings is 2. The largest absolute Gasteiger partial charge is 0.221 e. The summed E-state index contributed by atoms with van der Waals surface area (Å²) in [6, 6.07) is 12.5. The summed E-state index contributed by atoms with van der Waals surface area (Å²) in [5, 5.41) is 20.2. The predicted octanol–water partition coefficient (Wildman–Crippen LogP) is 2.54. The van der Waals surface area contributed by atoms with Crippen LogP contribution in [0, 0.1) is 23.0 Å². The molecule has 0 radical (unpaired) electrons. The zero-order valence-electron chi connectivity index (χ0n) is 11.2. The van der Waals surface area contributed by atoms with Crippen molar-refractivity contribution in [2.75, 3.05) is 0 Å². The van der Waals surface area contributed by atoms with Crippen molar-refractivity contribution in [2.24, 2.45) is 0 Å². The van der Waals surface area contributed by atoms with E-state index in [2.05, 4.69) is 21.6 Å². The highest BCUT2D eigenvalue weighted by molar-refractivity contribution is 5.54. The number of aromatic nitrogens is 4. The molecule has 0 unspecified atom stereocenters. The average molecular weight is 297 g/mol. The van der Waals surface area contributed by atoms with Crippen molar-refractivity contribution >= 4 is 0 Å². The fraction of sp³-hybridized carbons (Fsp3) is 0.0667. The van der Waals surface area contributed by atoms with Crippen LogP contribution in [-0.4, -0.2) is 20.2 Å². The number of rotatable bonds is 3. The molecule has 0 saturated carbocycles. The van der Waals surface area contributed by atoms with Gasteiger partial charge in [-0.05, 0) is 46.3 Å². The third kappa shape index (κ3) is 2.67. The van der Waals surface area contributed by atoms with Gasteiger partial charge in [0.05, 0.1) is 18.2 Å². The van der Waals surface area contributed by atoms with E-state index in [1.54, 1.807) is 18.2 Å². The van der Waals surface area contributed by atoms with E-state index in [9.17, 15) is 8.78 Å². The maximum atomic E-state index is 13.3. The fourth-order valence-corrected chi connectivity index (χ4v) is 2.07. The lowest BCUT2D eigenvalue weighted by atomic mass is 10.1. The molecule has 0 fully saturated rings. The molecule has 0 amide bonds. The van der Waals surface area contributed by atoms with Crippen molar-refractivity contribution in [1.82, 2.24) is 20.2 Å². The maximum absolute atomic E-state index is 13.3. The monoisotopic (exact) mass is 297 g/mol. The average Bonchev–Trinajstić information content (AvgIpc) is 2.98. The molecule has 1 heterocycles. The van der Waals surface area contributed by atoms with Crippen LogP contribution >= 0.6 is 0 Å². The molecule has 2 aromatic carbocycles. The fourth-order valence-electron chi connectivity index (χ4n) is 2.07. The van der Waals surface area contributed by atoms with E-state index in [1.807, 2.05) is 6.07 Å². The number of halogens is 2. The summed E-state index contributed by atoms with van der Waals surface area (Å²) in [7, 11) is 0. The Morgan fingerprint density at radius 3 is 2.73 bits per heavy atom. The third-order valence-corrected chi connectivity index (χ3v) is 3.10. The summed E-state index contributed by atoms with van der Waals surface area (Å²) >= 11 is 0. The van der Waals surface area contributed by atoms with E-state index in [0.29, 0.717) is 23.5 Å². The minimum Gasteiger partial charge on any atom is -0.221 e. The minimum atomic E-state index is -0.960. The van der Waals surface area contributed by atoms with Gasteiger partial charge in [-0.25, -0.2) is 13.5 Å². The molecule has 5 nitrogen and oxygen atoms in total. The number of tetrazole rings is 1. The summed E-state index contributed by atoms with van der Waals surface area (Å²) in [4.78, 5) is 0. The Kier molecular flexibility index (Phi) is 3.58. The van der Waals surface area contributed by atoms with Crippen molar-refractivity contribution in [2.45, 2.75) is 6.54 Å². The van der Waals surface area contributed by atoms with Gasteiger partial charge in [-0.2, -0.15) is 5.26 Å². The highest BCUT2D eigenvalue weighted by Crippen LogP contribution is 2.19. The van der Waals surface area contributed by atoms with Crippen LogP contribution in [0.15, 0.2) is 42.5 Å². The van der Waals surface area contributed by atoms with Gasteiger partial charge in [0.2, 0.25) is 0 Å². The van der Waals surface area contributed by atoms with Gasteiger partial charge in [0.15, 0.2) is 17.5 Å². The van der Waals surface area contributed by atoms with Crippen molar-refractivity contribution in [3.63, 3.8) is 0 Å². The number of hydrogen-bond acceptors (Lipinski definition) is 4. The Bertz CT molecular complexity index is 866. The zero-order valence-corrected chi connectivity index (χ0v) is 11.2. The highest BCUT2D eigenvalue weighted by atomic mass is 19.2. The maximum Gasteiger partial charge on any atom is 0.182 e. The molecular weight excluding hydrogens is 288 g/mol. The van der Waals surface area contributed by atoms with Crippen molar-refractivity contribution in [3.8, 4) is 17.5 Å². The molecule has 3 rings (SSSR count). The van der Waals surface area contributed by atoms with Crippen molar-refractivity contribution in [1.29, 1.82) is 5.26 Å². The zero-order chi connectivity index (χ0) is 15.5. The second-order valence-corrected chi connectivity index (χ2v) is 4.60. The second-order valence-electron chi connectivity index (χ2n) is 4.60. The van der Waals surface area contributed by atoms with Crippen LogP contribution in [0.2, 0.25) is 0 Å². The van der Waals surface area contributed by atoms with E-state index in [-0.39, 0.29) is 0 Å². The standard InChI is InChI=1S/C15H9F2N5/c16-13-5-4-12(7-14(13)17)15-19-20-21-22(15)9-11-3-1-2-10(6-11)8-18/h1-7H,9H2. The molecule has 7 heteroatoms. The van der Waals surface area contributed by atoms with E-state index >= 15 is 0 Å². The normalized spacial score (nSPS) is 10.4. The SMILES string of the molecule is N#Cc1cccc(Cn2nnnc2-c2ccc(F)c(F)c2)c1. The predicted molar refractivity (Wildman–Crippen MR) is 73.4 cm³/mol. The Hall–Kier alpha value is -3.14. The minimum absolute atomic E-state index is 0.316. The van der Waals surface area contributed by atoms with Crippen LogP contribution in [0.25, 0.3) is 11.4 Å². The van der Waals surface area contributed by atoms with Gasteiger partial charge >= 0.3 is 0 Å². The Balaban J connectivity index is 1.95. The van der Waals surface area contributed by atoms with Crippen molar-refractivity contribution < 1.29 is 8.78 Å². The van der Waals surface area contributed by atoms with Crippen molar-refractivity contribution in [3.05, 3.63) is 65.2 Å². The number of hydrogen-bond donors (Lipinski definition) is 0. The first-order valence-electron chi connectivity index (χ1n) is 6.38. The number of nitrogens with zero attached hydrogens (tertiary/aromatic N) is 5.